The topological polar surface area (TPSA) is 38.9 Å². The molecule has 2 nitrogen and oxygen atoms in total. The smallest absolute Gasteiger partial charge is 0.123 e. The van der Waals surface area contributed by atoms with E-state index in [9.17, 15) is 4.39 Å². The van der Waals surface area contributed by atoms with E-state index in [-0.39, 0.29) is 11.9 Å². The molecule has 0 aliphatic rings. The third-order valence-electron chi connectivity index (χ3n) is 2.79. The Morgan fingerprint density at radius 2 is 2.12 bits per heavy atom. The van der Waals surface area contributed by atoms with Gasteiger partial charge in [0.15, 0.2) is 0 Å². The number of hydrogen-bond donors (Lipinski definition) is 1. The first-order chi connectivity index (χ1) is 8.16. The second-order valence-corrected chi connectivity index (χ2v) is 4.13. The van der Waals surface area contributed by atoms with Crippen molar-refractivity contribution < 1.29 is 4.39 Å². The first-order valence-electron chi connectivity index (χ1n) is 5.58. The van der Waals surface area contributed by atoms with E-state index >= 15 is 0 Å². The molecular weight excluding hydrogens is 215 g/mol. The fourth-order valence-electron chi connectivity index (χ4n) is 1.91. The number of aromatic nitrogens is 1. The van der Waals surface area contributed by atoms with Crippen LogP contribution in [0.1, 0.15) is 22.9 Å². The zero-order valence-electron chi connectivity index (χ0n) is 9.73. The summed E-state index contributed by atoms with van der Waals surface area (Å²) < 4.78 is 13.0. The molecule has 3 heteroatoms. The van der Waals surface area contributed by atoms with Crippen LogP contribution in [0.25, 0.3) is 0 Å². The largest absolute Gasteiger partial charge is 0.324 e. The minimum Gasteiger partial charge on any atom is -0.324 e. The normalized spacial score (nSPS) is 12.4. The van der Waals surface area contributed by atoms with Gasteiger partial charge in [-0.05, 0) is 42.3 Å². The molecule has 0 aliphatic heterocycles. The molecule has 0 saturated heterocycles. The molecule has 0 spiro atoms. The Morgan fingerprint density at radius 3 is 2.76 bits per heavy atom. The van der Waals surface area contributed by atoms with Gasteiger partial charge in [0.25, 0.3) is 0 Å². The lowest BCUT2D eigenvalue weighted by Gasteiger charge is -2.14. The van der Waals surface area contributed by atoms with Crippen LogP contribution in [0.2, 0.25) is 0 Å². The van der Waals surface area contributed by atoms with Crippen molar-refractivity contribution in [3.63, 3.8) is 0 Å². The van der Waals surface area contributed by atoms with E-state index < -0.39 is 0 Å². The van der Waals surface area contributed by atoms with E-state index in [0.29, 0.717) is 6.42 Å². The maximum Gasteiger partial charge on any atom is 0.123 e. The van der Waals surface area contributed by atoms with Gasteiger partial charge in [-0.1, -0.05) is 12.1 Å². The molecule has 2 aromatic rings. The van der Waals surface area contributed by atoms with Crippen LogP contribution in [0.5, 0.6) is 0 Å². The molecule has 1 atom stereocenters. The lowest BCUT2D eigenvalue weighted by atomic mass is 9.98. The van der Waals surface area contributed by atoms with E-state index in [1.165, 1.54) is 12.1 Å². The number of rotatable bonds is 3. The molecule has 0 fully saturated rings. The highest BCUT2D eigenvalue weighted by Crippen LogP contribution is 2.19. The van der Waals surface area contributed by atoms with Gasteiger partial charge in [0, 0.05) is 24.4 Å². The summed E-state index contributed by atoms with van der Waals surface area (Å²) in [6.07, 6.45) is 2.41. The Kier molecular flexibility index (Phi) is 3.49. The van der Waals surface area contributed by atoms with E-state index in [4.69, 9.17) is 5.73 Å². The molecule has 88 valence electrons. The lowest BCUT2D eigenvalue weighted by Crippen LogP contribution is -2.15. The summed E-state index contributed by atoms with van der Waals surface area (Å²) in [5, 5.41) is 0. The molecule has 1 unspecified atom stereocenters. The van der Waals surface area contributed by atoms with Gasteiger partial charge in [-0.2, -0.15) is 0 Å². The zero-order valence-corrected chi connectivity index (χ0v) is 9.73. The third kappa shape index (κ3) is 2.88. The summed E-state index contributed by atoms with van der Waals surface area (Å²) in [6.45, 7) is 1.87. The Labute approximate surface area is 100 Å². The number of aryl methyl sites for hydroxylation is 1. The molecule has 2 N–H and O–H groups in total. The second-order valence-electron chi connectivity index (χ2n) is 4.13. The Morgan fingerprint density at radius 1 is 1.29 bits per heavy atom. The highest BCUT2D eigenvalue weighted by Gasteiger charge is 2.10. The van der Waals surface area contributed by atoms with Crippen LogP contribution in [-0.2, 0) is 6.42 Å². The van der Waals surface area contributed by atoms with Crippen LogP contribution in [0.3, 0.4) is 0 Å². The van der Waals surface area contributed by atoms with Gasteiger partial charge in [-0.25, -0.2) is 4.39 Å². The summed E-state index contributed by atoms with van der Waals surface area (Å²) in [5.41, 5.74) is 8.92. The van der Waals surface area contributed by atoms with Gasteiger partial charge < -0.3 is 5.73 Å². The van der Waals surface area contributed by atoms with Crippen molar-refractivity contribution in [2.75, 3.05) is 0 Å². The van der Waals surface area contributed by atoms with Crippen molar-refractivity contribution in [3.05, 3.63) is 65.2 Å². The van der Waals surface area contributed by atoms with Crippen molar-refractivity contribution in [3.8, 4) is 0 Å². The van der Waals surface area contributed by atoms with Gasteiger partial charge >= 0.3 is 0 Å². The fraction of sp³-hybridized carbons (Fsp3) is 0.214. The third-order valence-corrected chi connectivity index (χ3v) is 2.79. The van der Waals surface area contributed by atoms with E-state index in [1.807, 2.05) is 25.1 Å². The fourth-order valence-corrected chi connectivity index (χ4v) is 1.91. The SMILES string of the molecule is Cc1cc(F)ccc1C(N)Cc1ccccn1. The minimum atomic E-state index is -0.226. The van der Waals surface area contributed by atoms with Gasteiger partial charge in [0.05, 0.1) is 0 Å². The summed E-state index contributed by atoms with van der Waals surface area (Å²) in [4.78, 5) is 4.24. The molecule has 0 radical (unpaired) electrons. The zero-order chi connectivity index (χ0) is 12.3. The van der Waals surface area contributed by atoms with Crippen LogP contribution < -0.4 is 5.73 Å². The Balaban J connectivity index is 2.17. The van der Waals surface area contributed by atoms with Crippen LogP contribution >= 0.6 is 0 Å². The average molecular weight is 230 g/mol. The quantitative estimate of drug-likeness (QED) is 0.880. The number of pyridine rings is 1. The molecule has 17 heavy (non-hydrogen) atoms. The van der Waals surface area contributed by atoms with Crippen LogP contribution in [-0.4, -0.2) is 4.98 Å². The second kappa shape index (κ2) is 5.06. The molecule has 0 saturated carbocycles. The first kappa shape index (κ1) is 11.7. The molecule has 0 bridgehead atoms. The Bertz CT molecular complexity index is 497. The van der Waals surface area contributed by atoms with Crippen molar-refractivity contribution in [1.29, 1.82) is 0 Å². The van der Waals surface area contributed by atoms with Crippen LogP contribution in [0, 0.1) is 12.7 Å². The summed E-state index contributed by atoms with van der Waals surface area (Å²) in [5.74, 6) is -0.226. The maximum absolute atomic E-state index is 13.0. The van der Waals surface area contributed by atoms with Gasteiger partial charge in [0.1, 0.15) is 5.82 Å². The van der Waals surface area contributed by atoms with Crippen molar-refractivity contribution in [1.82, 2.24) is 4.98 Å². The number of nitrogens with zero attached hydrogens (tertiary/aromatic N) is 1. The molecular formula is C14H15FN2. The average Bonchev–Trinajstić information content (AvgIpc) is 2.30. The van der Waals surface area contributed by atoms with Gasteiger partial charge in [-0.15, -0.1) is 0 Å². The van der Waals surface area contributed by atoms with Crippen molar-refractivity contribution in [2.24, 2.45) is 5.73 Å². The van der Waals surface area contributed by atoms with E-state index in [1.54, 1.807) is 12.3 Å². The standard InChI is InChI=1S/C14H15FN2/c1-10-8-11(15)5-6-13(10)14(16)9-12-4-2-3-7-17-12/h2-8,14H,9,16H2,1H3. The van der Waals surface area contributed by atoms with Gasteiger partial charge in [0.2, 0.25) is 0 Å². The number of hydrogen-bond acceptors (Lipinski definition) is 2. The predicted octanol–water partition coefficient (Wildman–Crippen LogP) is 2.77. The highest BCUT2D eigenvalue weighted by molar-refractivity contribution is 5.30. The molecule has 0 amide bonds. The van der Waals surface area contributed by atoms with Crippen LogP contribution in [0.15, 0.2) is 42.6 Å². The number of benzene rings is 1. The summed E-state index contributed by atoms with van der Waals surface area (Å²) >= 11 is 0. The Hall–Kier alpha value is -1.74. The molecule has 1 aromatic heterocycles. The van der Waals surface area contributed by atoms with E-state index in [2.05, 4.69) is 4.98 Å². The highest BCUT2D eigenvalue weighted by atomic mass is 19.1. The van der Waals surface area contributed by atoms with Crippen molar-refractivity contribution >= 4 is 0 Å². The number of nitrogens with two attached hydrogens (primary N) is 1. The van der Waals surface area contributed by atoms with Crippen molar-refractivity contribution in [2.45, 2.75) is 19.4 Å². The maximum atomic E-state index is 13.0. The number of halogens is 1. The molecule has 1 aromatic carbocycles. The monoisotopic (exact) mass is 230 g/mol. The summed E-state index contributed by atoms with van der Waals surface area (Å²) in [6, 6.07) is 10.3. The minimum absolute atomic E-state index is 0.148. The van der Waals surface area contributed by atoms with Crippen LogP contribution in [0.4, 0.5) is 4.39 Å². The van der Waals surface area contributed by atoms with E-state index in [0.717, 1.165) is 16.8 Å². The molecule has 1 heterocycles. The van der Waals surface area contributed by atoms with Gasteiger partial charge in [-0.3, -0.25) is 4.98 Å². The lowest BCUT2D eigenvalue weighted by molar-refractivity contribution is 0.622. The first-order valence-corrected chi connectivity index (χ1v) is 5.58. The molecule has 2 rings (SSSR count). The molecule has 0 aliphatic carbocycles. The summed E-state index contributed by atoms with van der Waals surface area (Å²) in [7, 11) is 0. The predicted molar refractivity (Wildman–Crippen MR) is 66.0 cm³/mol.